The van der Waals surface area contributed by atoms with E-state index in [-0.39, 0.29) is 5.91 Å². The van der Waals surface area contributed by atoms with Crippen LogP contribution in [0.3, 0.4) is 0 Å². The van der Waals surface area contributed by atoms with Gasteiger partial charge in [0.05, 0.1) is 18.9 Å². The molecule has 21 heavy (non-hydrogen) atoms. The van der Waals surface area contributed by atoms with Crippen molar-refractivity contribution >= 4 is 5.91 Å². The highest BCUT2D eigenvalue weighted by molar-refractivity contribution is 5.92. The van der Waals surface area contributed by atoms with Gasteiger partial charge in [0.1, 0.15) is 0 Å². The third-order valence-corrected chi connectivity index (χ3v) is 4.05. The predicted octanol–water partition coefficient (Wildman–Crippen LogP) is 2.17. The summed E-state index contributed by atoms with van der Waals surface area (Å²) >= 11 is 0. The molecule has 1 amide bonds. The molecule has 2 aliphatic rings. The zero-order chi connectivity index (χ0) is 14.5. The van der Waals surface area contributed by atoms with Crippen LogP contribution in [0, 0.1) is 0 Å². The Morgan fingerprint density at radius 3 is 3.10 bits per heavy atom. The lowest BCUT2D eigenvalue weighted by Crippen LogP contribution is -2.27. The zero-order valence-electron chi connectivity index (χ0n) is 12.2. The second-order valence-corrected chi connectivity index (χ2v) is 5.62. The molecule has 1 aromatic heterocycles. The molecule has 0 radical (unpaired) electrons. The van der Waals surface area contributed by atoms with Crippen molar-refractivity contribution in [2.45, 2.75) is 45.1 Å². The van der Waals surface area contributed by atoms with E-state index in [1.54, 1.807) is 6.07 Å². The molecular formula is C16H21N3O2. The SMILES string of the molecule is O=C(NCCC1=CCCCC1)c1cc2c(nn1)CCOC2. The second-order valence-electron chi connectivity index (χ2n) is 5.62. The summed E-state index contributed by atoms with van der Waals surface area (Å²) in [4.78, 5) is 12.1. The lowest BCUT2D eigenvalue weighted by atomic mass is 9.97. The molecule has 1 N–H and O–H groups in total. The van der Waals surface area contributed by atoms with Crippen molar-refractivity contribution in [2.75, 3.05) is 13.2 Å². The molecule has 0 fully saturated rings. The summed E-state index contributed by atoms with van der Waals surface area (Å²) in [5, 5.41) is 11.1. The van der Waals surface area contributed by atoms with Gasteiger partial charge >= 0.3 is 0 Å². The first-order chi connectivity index (χ1) is 10.3. The number of hydrogen-bond acceptors (Lipinski definition) is 4. The van der Waals surface area contributed by atoms with Crippen LogP contribution in [0.2, 0.25) is 0 Å². The van der Waals surface area contributed by atoms with Gasteiger partial charge in [-0.3, -0.25) is 4.79 Å². The van der Waals surface area contributed by atoms with Gasteiger partial charge in [0.2, 0.25) is 0 Å². The highest BCUT2D eigenvalue weighted by atomic mass is 16.5. The van der Waals surface area contributed by atoms with Crippen LogP contribution < -0.4 is 5.32 Å². The number of fused-ring (bicyclic) bond motifs is 1. The summed E-state index contributed by atoms with van der Waals surface area (Å²) in [5.74, 6) is -0.146. The van der Waals surface area contributed by atoms with Crippen molar-refractivity contribution in [2.24, 2.45) is 0 Å². The van der Waals surface area contributed by atoms with E-state index in [0.717, 1.165) is 24.1 Å². The van der Waals surface area contributed by atoms with Gasteiger partial charge in [-0.1, -0.05) is 11.6 Å². The fourth-order valence-electron chi connectivity index (χ4n) is 2.81. The van der Waals surface area contributed by atoms with Crippen LogP contribution in [-0.4, -0.2) is 29.3 Å². The fourth-order valence-corrected chi connectivity index (χ4v) is 2.81. The third-order valence-electron chi connectivity index (χ3n) is 4.05. The summed E-state index contributed by atoms with van der Waals surface area (Å²) in [6.07, 6.45) is 8.95. The van der Waals surface area contributed by atoms with Gasteiger partial charge in [-0.2, -0.15) is 5.10 Å². The van der Waals surface area contributed by atoms with Gasteiger partial charge in [0.25, 0.3) is 5.91 Å². The minimum Gasteiger partial charge on any atom is -0.376 e. The van der Waals surface area contributed by atoms with Crippen LogP contribution in [-0.2, 0) is 17.8 Å². The highest BCUT2D eigenvalue weighted by Gasteiger charge is 2.15. The molecule has 0 spiro atoms. The van der Waals surface area contributed by atoms with Crippen molar-refractivity contribution in [3.05, 3.63) is 34.7 Å². The number of nitrogens with one attached hydrogen (secondary N) is 1. The first-order valence-electron chi connectivity index (χ1n) is 7.72. The van der Waals surface area contributed by atoms with E-state index in [0.29, 0.717) is 25.5 Å². The Bertz CT molecular complexity index is 554. The standard InChI is InChI=1S/C16H21N3O2/c20-16(17-8-6-12-4-2-1-3-5-12)15-10-13-11-21-9-7-14(13)18-19-15/h4,10H,1-3,5-9,11H2,(H,17,20). The minimum atomic E-state index is -0.146. The Morgan fingerprint density at radius 2 is 2.24 bits per heavy atom. The largest absolute Gasteiger partial charge is 0.376 e. The van der Waals surface area contributed by atoms with E-state index in [1.165, 1.54) is 31.3 Å². The number of hydrogen-bond donors (Lipinski definition) is 1. The van der Waals surface area contributed by atoms with Gasteiger partial charge in [-0.15, -0.1) is 5.10 Å². The van der Waals surface area contributed by atoms with Gasteiger partial charge in [-0.05, 0) is 38.2 Å². The quantitative estimate of drug-likeness (QED) is 0.862. The van der Waals surface area contributed by atoms with Gasteiger partial charge in [0, 0.05) is 18.5 Å². The molecule has 0 bridgehead atoms. The lowest BCUT2D eigenvalue weighted by molar-refractivity contribution is 0.0943. The number of carbonyl (C=O) groups excluding carboxylic acids is 1. The normalized spacial score (nSPS) is 17.8. The van der Waals surface area contributed by atoms with Gasteiger partial charge in [-0.25, -0.2) is 0 Å². The topological polar surface area (TPSA) is 64.1 Å². The van der Waals surface area contributed by atoms with E-state index in [9.17, 15) is 4.79 Å². The Kier molecular flexibility index (Phi) is 4.60. The first kappa shape index (κ1) is 14.2. The van der Waals surface area contributed by atoms with Crippen molar-refractivity contribution < 1.29 is 9.53 Å². The Labute approximate surface area is 124 Å². The Balaban J connectivity index is 1.54. The molecule has 2 heterocycles. The second kappa shape index (κ2) is 6.80. The Hall–Kier alpha value is -1.75. The molecule has 0 saturated carbocycles. The molecule has 1 aliphatic carbocycles. The maximum Gasteiger partial charge on any atom is 0.271 e. The van der Waals surface area contributed by atoms with Crippen LogP contribution in [0.5, 0.6) is 0 Å². The van der Waals surface area contributed by atoms with E-state index in [1.807, 2.05) is 0 Å². The Morgan fingerprint density at radius 1 is 1.29 bits per heavy atom. The fraction of sp³-hybridized carbons (Fsp3) is 0.562. The molecular weight excluding hydrogens is 266 g/mol. The van der Waals surface area contributed by atoms with Gasteiger partial charge in [0.15, 0.2) is 5.69 Å². The number of aromatic nitrogens is 2. The molecule has 0 saturated heterocycles. The summed E-state index contributed by atoms with van der Waals surface area (Å²) in [5.41, 5.74) is 3.78. The van der Waals surface area contributed by atoms with E-state index in [2.05, 4.69) is 21.6 Å². The molecule has 1 aliphatic heterocycles. The molecule has 1 aromatic rings. The van der Waals surface area contributed by atoms with Crippen LogP contribution >= 0.6 is 0 Å². The summed E-state index contributed by atoms with van der Waals surface area (Å²) in [6, 6.07) is 1.80. The maximum absolute atomic E-state index is 12.1. The minimum absolute atomic E-state index is 0.146. The monoisotopic (exact) mass is 287 g/mol. The highest BCUT2D eigenvalue weighted by Crippen LogP contribution is 2.19. The van der Waals surface area contributed by atoms with Crippen molar-refractivity contribution in [3.63, 3.8) is 0 Å². The number of allylic oxidation sites excluding steroid dienone is 1. The number of carbonyl (C=O) groups is 1. The van der Waals surface area contributed by atoms with Crippen LogP contribution in [0.4, 0.5) is 0 Å². The molecule has 0 unspecified atom stereocenters. The molecule has 0 atom stereocenters. The summed E-state index contributed by atoms with van der Waals surface area (Å²) in [6.45, 7) is 1.88. The third kappa shape index (κ3) is 3.67. The van der Waals surface area contributed by atoms with Crippen LogP contribution in [0.1, 0.15) is 53.8 Å². The zero-order valence-corrected chi connectivity index (χ0v) is 12.2. The van der Waals surface area contributed by atoms with E-state index >= 15 is 0 Å². The van der Waals surface area contributed by atoms with Crippen LogP contribution in [0.15, 0.2) is 17.7 Å². The van der Waals surface area contributed by atoms with Crippen molar-refractivity contribution in [1.29, 1.82) is 0 Å². The average Bonchev–Trinajstić information content (AvgIpc) is 2.55. The molecule has 112 valence electrons. The molecule has 5 heteroatoms. The average molecular weight is 287 g/mol. The van der Waals surface area contributed by atoms with E-state index in [4.69, 9.17) is 4.74 Å². The smallest absolute Gasteiger partial charge is 0.271 e. The number of rotatable bonds is 4. The maximum atomic E-state index is 12.1. The van der Waals surface area contributed by atoms with Gasteiger partial charge < -0.3 is 10.1 Å². The summed E-state index contributed by atoms with van der Waals surface area (Å²) in [7, 11) is 0. The molecule has 5 nitrogen and oxygen atoms in total. The molecule has 0 aromatic carbocycles. The lowest BCUT2D eigenvalue weighted by Gasteiger charge is -2.15. The number of nitrogens with zero attached hydrogens (tertiary/aromatic N) is 2. The number of amides is 1. The molecule has 3 rings (SSSR count). The predicted molar refractivity (Wildman–Crippen MR) is 78.9 cm³/mol. The first-order valence-corrected chi connectivity index (χ1v) is 7.72. The number of ether oxygens (including phenoxy) is 1. The summed E-state index contributed by atoms with van der Waals surface area (Å²) < 4.78 is 5.38. The van der Waals surface area contributed by atoms with E-state index < -0.39 is 0 Å². The van der Waals surface area contributed by atoms with Crippen LogP contribution in [0.25, 0.3) is 0 Å². The van der Waals surface area contributed by atoms with Crippen molar-refractivity contribution in [3.8, 4) is 0 Å². The van der Waals surface area contributed by atoms with Crippen molar-refractivity contribution in [1.82, 2.24) is 15.5 Å².